The molecule has 0 saturated heterocycles. The highest BCUT2D eigenvalue weighted by Crippen LogP contribution is 2.02. The topological polar surface area (TPSA) is 40.5 Å². The first-order chi connectivity index (χ1) is 6.74. The Morgan fingerprint density at radius 3 is 2.64 bits per heavy atom. The number of carbonyl (C=O) groups is 1. The van der Waals surface area contributed by atoms with Crippen molar-refractivity contribution in [3.8, 4) is 0 Å². The van der Waals surface area contributed by atoms with Crippen molar-refractivity contribution in [3.63, 3.8) is 0 Å². The average Bonchev–Trinajstić information content (AvgIpc) is 2.19. The van der Waals surface area contributed by atoms with Crippen molar-refractivity contribution in [3.05, 3.63) is 48.0 Å². The van der Waals surface area contributed by atoms with E-state index in [-0.39, 0.29) is 6.54 Å². The Morgan fingerprint density at radius 1 is 1.43 bits per heavy atom. The molecule has 0 atom stereocenters. The second-order valence-corrected chi connectivity index (χ2v) is 2.88. The van der Waals surface area contributed by atoms with Crippen LogP contribution in [0.1, 0.15) is 12.5 Å². The van der Waals surface area contributed by atoms with Crippen molar-refractivity contribution >= 4 is 5.91 Å². The molecule has 0 saturated carbocycles. The normalized spacial score (nSPS) is 10.4. The van der Waals surface area contributed by atoms with Gasteiger partial charge in [0.05, 0.1) is 6.54 Å². The first-order valence-corrected chi connectivity index (χ1v) is 4.41. The van der Waals surface area contributed by atoms with Crippen LogP contribution in [0.5, 0.6) is 0 Å². The summed E-state index contributed by atoms with van der Waals surface area (Å²) in [4.78, 5) is 11.1. The van der Waals surface area contributed by atoms with Gasteiger partial charge < -0.3 is 0 Å². The smallest absolute Gasteiger partial charge is 0.269 e. The molecule has 0 fully saturated rings. The maximum absolute atomic E-state index is 11.1. The first-order valence-electron chi connectivity index (χ1n) is 4.41. The molecule has 1 aromatic rings. The number of hydroxylamine groups is 2. The molecule has 0 aliphatic rings. The molecule has 1 aromatic carbocycles. The predicted octanol–water partition coefficient (Wildman–Crippen LogP) is 1.98. The van der Waals surface area contributed by atoms with Crippen molar-refractivity contribution in [1.82, 2.24) is 5.06 Å². The van der Waals surface area contributed by atoms with E-state index in [1.165, 1.54) is 6.08 Å². The second kappa shape index (κ2) is 5.19. The lowest BCUT2D eigenvalue weighted by Crippen LogP contribution is -2.24. The molecule has 1 rings (SSSR count). The van der Waals surface area contributed by atoms with Crippen LogP contribution in [0.2, 0.25) is 0 Å². The fraction of sp³-hybridized carbons (Fsp3) is 0.182. The van der Waals surface area contributed by atoms with Gasteiger partial charge in [-0.15, -0.1) is 0 Å². The highest BCUT2D eigenvalue weighted by atomic mass is 16.5. The van der Waals surface area contributed by atoms with Crippen LogP contribution in [-0.2, 0) is 11.3 Å². The molecule has 0 spiro atoms. The third kappa shape index (κ3) is 3.03. The van der Waals surface area contributed by atoms with Gasteiger partial charge >= 0.3 is 0 Å². The third-order valence-electron chi connectivity index (χ3n) is 1.74. The molecule has 0 aromatic heterocycles. The molecule has 1 amide bonds. The fourth-order valence-corrected chi connectivity index (χ4v) is 1.06. The lowest BCUT2D eigenvalue weighted by molar-refractivity contribution is -0.161. The van der Waals surface area contributed by atoms with E-state index in [0.717, 1.165) is 5.56 Å². The van der Waals surface area contributed by atoms with Crippen LogP contribution in [0, 0.1) is 0 Å². The van der Waals surface area contributed by atoms with Gasteiger partial charge in [-0.2, -0.15) is 0 Å². The second-order valence-electron chi connectivity index (χ2n) is 2.88. The largest absolute Gasteiger partial charge is 0.285 e. The van der Waals surface area contributed by atoms with E-state index >= 15 is 0 Å². The molecule has 14 heavy (non-hydrogen) atoms. The summed E-state index contributed by atoms with van der Waals surface area (Å²) in [5.74, 6) is -0.406. The number of hydrogen-bond acceptors (Lipinski definition) is 2. The number of rotatable bonds is 3. The number of hydrogen-bond donors (Lipinski definition) is 1. The van der Waals surface area contributed by atoms with E-state index in [1.807, 2.05) is 30.3 Å². The van der Waals surface area contributed by atoms with Crippen LogP contribution in [-0.4, -0.2) is 16.2 Å². The number of carbonyl (C=O) groups excluding carboxylic acids is 1. The summed E-state index contributed by atoms with van der Waals surface area (Å²) in [5, 5.41) is 10.0. The molecule has 1 N–H and O–H groups in total. The molecular formula is C11H13NO2. The van der Waals surface area contributed by atoms with Crippen LogP contribution in [0.4, 0.5) is 0 Å². The molecule has 0 aliphatic carbocycles. The lowest BCUT2D eigenvalue weighted by Gasteiger charge is -2.12. The quantitative estimate of drug-likeness (QED) is 0.451. The van der Waals surface area contributed by atoms with Gasteiger partial charge in [-0.1, -0.05) is 36.4 Å². The molecule has 3 heteroatoms. The first kappa shape index (κ1) is 10.5. The van der Waals surface area contributed by atoms with Crippen molar-refractivity contribution in [2.45, 2.75) is 13.5 Å². The molecular weight excluding hydrogens is 178 g/mol. The Kier molecular flexibility index (Phi) is 3.88. The Hall–Kier alpha value is -1.61. The van der Waals surface area contributed by atoms with E-state index in [0.29, 0.717) is 5.06 Å². The van der Waals surface area contributed by atoms with Gasteiger partial charge in [0, 0.05) is 6.08 Å². The summed E-state index contributed by atoms with van der Waals surface area (Å²) in [6.07, 6.45) is 2.92. The summed E-state index contributed by atoms with van der Waals surface area (Å²) < 4.78 is 0. The van der Waals surface area contributed by atoms with Gasteiger partial charge in [-0.25, -0.2) is 5.06 Å². The van der Waals surface area contributed by atoms with Gasteiger partial charge in [0.15, 0.2) is 0 Å². The highest BCUT2D eigenvalue weighted by molar-refractivity contribution is 5.86. The van der Waals surface area contributed by atoms with E-state index in [2.05, 4.69) is 0 Å². The van der Waals surface area contributed by atoms with Crippen molar-refractivity contribution in [1.29, 1.82) is 0 Å². The summed E-state index contributed by atoms with van der Waals surface area (Å²) in [5.41, 5.74) is 0.896. The minimum absolute atomic E-state index is 0.212. The van der Waals surface area contributed by atoms with E-state index in [4.69, 9.17) is 0 Å². The molecule has 0 aliphatic heterocycles. The zero-order valence-electron chi connectivity index (χ0n) is 8.05. The van der Waals surface area contributed by atoms with Gasteiger partial charge in [-0.05, 0) is 12.5 Å². The Morgan fingerprint density at radius 2 is 2.07 bits per heavy atom. The van der Waals surface area contributed by atoms with Crippen LogP contribution >= 0.6 is 0 Å². The van der Waals surface area contributed by atoms with Crippen LogP contribution in [0.3, 0.4) is 0 Å². The standard InChI is InChI=1S/C11H13NO2/c1-2-6-11(13)12(14)9-10-7-4-3-5-8-10/h2-8,14H,9H2,1H3/b6-2+. The zero-order chi connectivity index (χ0) is 10.4. The Labute approximate surface area is 83.2 Å². The molecule has 3 nitrogen and oxygen atoms in total. The molecule has 0 heterocycles. The number of amides is 1. The van der Waals surface area contributed by atoms with Crippen molar-refractivity contribution < 1.29 is 10.0 Å². The summed E-state index contributed by atoms with van der Waals surface area (Å²) in [6, 6.07) is 9.32. The molecule has 0 unspecified atom stereocenters. The summed E-state index contributed by atoms with van der Waals surface area (Å²) >= 11 is 0. The average molecular weight is 191 g/mol. The number of benzene rings is 1. The Balaban J connectivity index is 2.57. The summed E-state index contributed by atoms with van der Waals surface area (Å²) in [7, 11) is 0. The maximum atomic E-state index is 11.1. The van der Waals surface area contributed by atoms with Crippen molar-refractivity contribution in [2.24, 2.45) is 0 Å². The minimum Gasteiger partial charge on any atom is -0.285 e. The minimum atomic E-state index is -0.406. The number of allylic oxidation sites excluding steroid dienone is 1. The fourth-order valence-electron chi connectivity index (χ4n) is 1.06. The third-order valence-corrected chi connectivity index (χ3v) is 1.74. The van der Waals surface area contributed by atoms with E-state index < -0.39 is 5.91 Å². The van der Waals surface area contributed by atoms with Gasteiger partial charge in [-0.3, -0.25) is 10.0 Å². The van der Waals surface area contributed by atoms with Gasteiger partial charge in [0.1, 0.15) is 0 Å². The molecule has 0 bridgehead atoms. The van der Waals surface area contributed by atoms with Gasteiger partial charge in [0.2, 0.25) is 0 Å². The zero-order valence-corrected chi connectivity index (χ0v) is 8.05. The van der Waals surface area contributed by atoms with Gasteiger partial charge in [0.25, 0.3) is 5.91 Å². The monoisotopic (exact) mass is 191 g/mol. The molecule has 0 radical (unpaired) electrons. The van der Waals surface area contributed by atoms with Crippen LogP contribution in [0.25, 0.3) is 0 Å². The summed E-state index contributed by atoms with van der Waals surface area (Å²) in [6.45, 7) is 1.94. The SMILES string of the molecule is C/C=C/C(=O)N(O)Cc1ccccc1. The van der Waals surface area contributed by atoms with Crippen LogP contribution < -0.4 is 0 Å². The maximum Gasteiger partial charge on any atom is 0.269 e. The predicted molar refractivity (Wildman–Crippen MR) is 53.6 cm³/mol. The number of nitrogens with zero attached hydrogens (tertiary/aromatic N) is 1. The van der Waals surface area contributed by atoms with Crippen LogP contribution in [0.15, 0.2) is 42.5 Å². The van der Waals surface area contributed by atoms with Crippen molar-refractivity contribution in [2.75, 3.05) is 0 Å². The lowest BCUT2D eigenvalue weighted by atomic mass is 10.2. The van der Waals surface area contributed by atoms with E-state index in [9.17, 15) is 10.0 Å². The highest BCUT2D eigenvalue weighted by Gasteiger charge is 2.06. The van der Waals surface area contributed by atoms with E-state index in [1.54, 1.807) is 13.0 Å². The Bertz CT molecular complexity index is 319. The molecule has 74 valence electrons.